The predicted octanol–water partition coefficient (Wildman–Crippen LogP) is 11.2. The molecule has 0 amide bonds. The zero-order chi connectivity index (χ0) is 31.6. The van der Waals surface area contributed by atoms with Gasteiger partial charge in [0, 0.05) is 45.2 Å². The number of fused-ring (bicyclic) bond motifs is 7. The third-order valence-electron chi connectivity index (χ3n) is 9.62. The van der Waals surface area contributed by atoms with Crippen LogP contribution in [0.1, 0.15) is 0 Å². The van der Waals surface area contributed by atoms with E-state index in [1.165, 1.54) is 49.0 Å². The Bertz CT molecular complexity index is 2810. The molecule has 0 saturated carbocycles. The number of aromatic nitrogens is 4. The summed E-state index contributed by atoms with van der Waals surface area (Å²) in [5, 5.41) is 7.32. The second kappa shape index (κ2) is 10.5. The lowest BCUT2D eigenvalue weighted by Gasteiger charge is -2.11. The van der Waals surface area contributed by atoms with E-state index < -0.39 is 0 Å². The highest BCUT2D eigenvalue weighted by Crippen LogP contribution is 2.39. The summed E-state index contributed by atoms with van der Waals surface area (Å²) in [5.41, 5.74) is 10.1. The predicted molar refractivity (Wildman–Crippen MR) is 199 cm³/mol. The van der Waals surface area contributed by atoms with E-state index in [1.807, 2.05) is 30.6 Å². The van der Waals surface area contributed by atoms with Gasteiger partial charge in [-0.1, -0.05) is 115 Å². The molecule has 3 heterocycles. The van der Waals surface area contributed by atoms with E-state index in [9.17, 15) is 0 Å². The van der Waals surface area contributed by atoms with Crippen molar-refractivity contribution in [1.82, 2.24) is 19.1 Å². The van der Waals surface area contributed by atoms with Crippen LogP contribution in [0.2, 0.25) is 0 Å². The van der Waals surface area contributed by atoms with Crippen LogP contribution in [0, 0.1) is 0 Å². The van der Waals surface area contributed by atoms with Gasteiger partial charge in [-0.25, -0.2) is 9.97 Å². The molecule has 48 heavy (non-hydrogen) atoms. The summed E-state index contributed by atoms with van der Waals surface area (Å²) in [6, 6.07) is 56.3. The average Bonchev–Trinajstić information content (AvgIpc) is 3.66. The number of hydrogen-bond donors (Lipinski definition) is 0. The fourth-order valence-electron chi connectivity index (χ4n) is 7.31. The first-order valence-corrected chi connectivity index (χ1v) is 16.2. The molecule has 224 valence electrons. The molecular weight excluding hydrogens is 585 g/mol. The van der Waals surface area contributed by atoms with Gasteiger partial charge in [0.05, 0.1) is 22.1 Å². The molecule has 3 aromatic heterocycles. The zero-order valence-corrected chi connectivity index (χ0v) is 26.0. The Balaban J connectivity index is 1.17. The number of rotatable bonds is 4. The van der Waals surface area contributed by atoms with Crippen molar-refractivity contribution in [2.24, 2.45) is 0 Å². The summed E-state index contributed by atoms with van der Waals surface area (Å²) in [7, 11) is 0. The normalized spacial score (nSPS) is 11.8. The quantitative estimate of drug-likeness (QED) is 0.198. The Morgan fingerprint density at radius 1 is 0.333 bits per heavy atom. The van der Waals surface area contributed by atoms with E-state index in [-0.39, 0.29) is 0 Å². The summed E-state index contributed by atoms with van der Waals surface area (Å²) < 4.78 is 4.58. The van der Waals surface area contributed by atoms with Crippen LogP contribution in [-0.2, 0) is 0 Å². The summed E-state index contributed by atoms with van der Waals surface area (Å²) in [6.07, 6.45) is 3.84. The highest BCUT2D eigenvalue weighted by atomic mass is 15.1. The third-order valence-corrected chi connectivity index (χ3v) is 9.62. The summed E-state index contributed by atoms with van der Waals surface area (Å²) in [4.78, 5) is 9.81. The second-order valence-corrected chi connectivity index (χ2v) is 12.3. The van der Waals surface area contributed by atoms with E-state index in [0.717, 1.165) is 33.4 Å². The van der Waals surface area contributed by atoms with Crippen LogP contribution in [0.25, 0.3) is 88.3 Å². The third kappa shape index (κ3) is 4.10. The van der Waals surface area contributed by atoms with Crippen LogP contribution in [0.5, 0.6) is 0 Å². The first kappa shape index (κ1) is 26.7. The highest BCUT2D eigenvalue weighted by Gasteiger charge is 2.19. The van der Waals surface area contributed by atoms with Crippen LogP contribution in [0.15, 0.2) is 170 Å². The minimum Gasteiger partial charge on any atom is -0.309 e. The molecule has 4 nitrogen and oxygen atoms in total. The molecule has 0 radical (unpaired) electrons. The lowest BCUT2D eigenvalue weighted by Crippen LogP contribution is -2.01. The van der Waals surface area contributed by atoms with Gasteiger partial charge in [-0.05, 0) is 69.9 Å². The lowest BCUT2D eigenvalue weighted by molar-refractivity contribution is 0.990. The molecule has 0 bridgehead atoms. The summed E-state index contributed by atoms with van der Waals surface area (Å²) in [5.74, 6) is 0.655. The van der Waals surface area contributed by atoms with Crippen molar-refractivity contribution < 1.29 is 0 Å². The van der Waals surface area contributed by atoms with Crippen molar-refractivity contribution >= 4 is 54.4 Å². The van der Waals surface area contributed by atoms with Gasteiger partial charge < -0.3 is 4.57 Å². The van der Waals surface area contributed by atoms with Crippen molar-refractivity contribution in [2.75, 3.05) is 0 Å². The van der Waals surface area contributed by atoms with Gasteiger partial charge in [0.25, 0.3) is 0 Å². The largest absolute Gasteiger partial charge is 0.309 e. The van der Waals surface area contributed by atoms with Crippen LogP contribution < -0.4 is 0 Å². The van der Waals surface area contributed by atoms with Gasteiger partial charge in [0.2, 0.25) is 5.95 Å². The molecule has 0 atom stereocenters. The number of hydrogen-bond acceptors (Lipinski definition) is 2. The van der Waals surface area contributed by atoms with E-state index in [0.29, 0.717) is 5.95 Å². The van der Waals surface area contributed by atoms with Crippen LogP contribution >= 0.6 is 0 Å². The van der Waals surface area contributed by atoms with Crippen molar-refractivity contribution in [3.63, 3.8) is 0 Å². The molecule has 0 unspecified atom stereocenters. The molecule has 0 aliphatic rings. The minimum absolute atomic E-state index is 0.655. The maximum atomic E-state index is 4.90. The molecule has 0 N–H and O–H groups in total. The fraction of sp³-hybridized carbons (Fsp3) is 0. The topological polar surface area (TPSA) is 35.6 Å². The molecule has 0 aliphatic heterocycles. The van der Waals surface area contributed by atoms with Crippen molar-refractivity contribution in [1.29, 1.82) is 0 Å². The highest BCUT2D eigenvalue weighted by molar-refractivity contribution is 6.19. The monoisotopic (exact) mass is 612 g/mol. The molecule has 7 aromatic carbocycles. The Labute approximate surface area is 276 Å². The van der Waals surface area contributed by atoms with Crippen LogP contribution in [-0.4, -0.2) is 19.1 Å². The number of benzene rings is 7. The molecule has 4 heteroatoms. The van der Waals surface area contributed by atoms with E-state index in [4.69, 9.17) is 9.97 Å². The molecule has 0 saturated heterocycles. The maximum absolute atomic E-state index is 4.90. The standard InChI is InChI=1S/C44H28N4/c1-2-10-29(11-3-1)34-27-45-44(46-28-34)48-41-17-9-7-15-37(41)39-25-38-36-14-6-8-16-40(36)47(42(38)26-43(39)48)35-22-20-31(21-23-35)33-19-18-30-12-4-5-13-32(30)24-33/h1-28H. The van der Waals surface area contributed by atoms with Gasteiger partial charge in [0.1, 0.15) is 0 Å². The Hall–Kier alpha value is -6.52. The molecule has 10 rings (SSSR count). The lowest BCUT2D eigenvalue weighted by atomic mass is 10.0. The van der Waals surface area contributed by atoms with Crippen LogP contribution in [0.3, 0.4) is 0 Å². The number of para-hydroxylation sites is 2. The SMILES string of the molecule is c1ccc(-c2cnc(-n3c4ccccc4c4cc5c6ccccc6n(-c6ccc(-c7ccc8ccccc8c7)cc6)c5cc43)nc2)cc1. The Kier molecular flexibility index (Phi) is 5.84. The van der Waals surface area contributed by atoms with Crippen molar-refractivity contribution in [3.05, 3.63) is 170 Å². The smallest absolute Gasteiger partial charge is 0.234 e. The first-order valence-electron chi connectivity index (χ1n) is 16.2. The van der Waals surface area contributed by atoms with E-state index in [1.54, 1.807) is 0 Å². The summed E-state index contributed by atoms with van der Waals surface area (Å²) in [6.45, 7) is 0. The first-order chi connectivity index (χ1) is 23.8. The van der Waals surface area contributed by atoms with Gasteiger partial charge in [-0.15, -0.1) is 0 Å². The maximum Gasteiger partial charge on any atom is 0.234 e. The summed E-state index contributed by atoms with van der Waals surface area (Å²) >= 11 is 0. The average molecular weight is 613 g/mol. The molecule has 0 aliphatic carbocycles. The molecule has 0 spiro atoms. The van der Waals surface area contributed by atoms with Crippen molar-refractivity contribution in [2.45, 2.75) is 0 Å². The molecular formula is C44H28N4. The van der Waals surface area contributed by atoms with Crippen molar-refractivity contribution in [3.8, 4) is 33.9 Å². The van der Waals surface area contributed by atoms with E-state index in [2.05, 4.69) is 149 Å². The Morgan fingerprint density at radius 2 is 0.896 bits per heavy atom. The Morgan fingerprint density at radius 3 is 1.62 bits per heavy atom. The van der Waals surface area contributed by atoms with Crippen LogP contribution in [0.4, 0.5) is 0 Å². The van der Waals surface area contributed by atoms with Gasteiger partial charge in [-0.3, -0.25) is 4.57 Å². The molecule has 10 aromatic rings. The van der Waals surface area contributed by atoms with Gasteiger partial charge >= 0.3 is 0 Å². The fourth-order valence-corrected chi connectivity index (χ4v) is 7.31. The minimum atomic E-state index is 0.655. The second-order valence-electron chi connectivity index (χ2n) is 12.3. The molecule has 0 fully saturated rings. The van der Waals surface area contributed by atoms with Gasteiger partial charge in [-0.2, -0.15) is 0 Å². The number of nitrogens with zero attached hydrogens (tertiary/aromatic N) is 4. The van der Waals surface area contributed by atoms with Gasteiger partial charge in [0.15, 0.2) is 0 Å². The van der Waals surface area contributed by atoms with E-state index >= 15 is 0 Å². The zero-order valence-electron chi connectivity index (χ0n) is 26.0.